The van der Waals surface area contributed by atoms with Crippen LogP contribution in [0, 0.1) is 0 Å². The van der Waals surface area contributed by atoms with Crippen LogP contribution in [0.5, 0.6) is 0 Å². The van der Waals surface area contributed by atoms with Crippen LogP contribution in [0.2, 0.25) is 0 Å². The van der Waals surface area contributed by atoms with Gasteiger partial charge in [0.15, 0.2) is 12.6 Å². The van der Waals surface area contributed by atoms with Crippen molar-refractivity contribution < 1.29 is 104 Å². The average Bonchev–Trinajstić information content (AvgIpc) is 3.50. The van der Waals surface area contributed by atoms with Crippen molar-refractivity contribution >= 4 is 17.8 Å². The highest BCUT2D eigenvalue weighted by molar-refractivity contribution is 5.77. The number of carbonyl (C=O) groups excluding carboxylic acids is 2. The number of unbranched alkanes of at least 4 members (excludes halogenated alkanes) is 22. The lowest BCUT2D eigenvalue weighted by molar-refractivity contribution is -0.386. The SMILES string of the molecule is CCCCCCCCC/C=C/C(O)C(COC1OC(CO)C(OC2OC(CO)C(O)C(OC3(C(=O)O)CC(O)C(NC(C)=O)C(C(O)C(O)CO)O3)C2O)C(O)C1O)NC(=O)CCCCCCCCCCCCCCCCCC. The summed E-state index contributed by atoms with van der Waals surface area (Å²) in [5.74, 6) is -6.14. The zero-order valence-corrected chi connectivity index (χ0v) is 47.2. The number of allylic oxidation sites excluding steroid dienone is 1. The number of hydrogen-bond donors (Lipinski definition) is 14. The number of aliphatic hydroxyl groups excluding tert-OH is 11. The minimum Gasteiger partial charge on any atom is -0.477 e. The quantitative estimate of drug-likeness (QED) is 0.0307. The third kappa shape index (κ3) is 23.9. The summed E-state index contributed by atoms with van der Waals surface area (Å²) >= 11 is 0. The molecule has 23 heteroatoms. The molecule has 18 atom stereocenters. The predicted molar refractivity (Wildman–Crippen MR) is 288 cm³/mol. The number of carboxylic acid groups (broad SMARTS) is 1. The van der Waals surface area contributed by atoms with Crippen molar-refractivity contribution in [2.45, 2.75) is 298 Å². The van der Waals surface area contributed by atoms with E-state index in [0.29, 0.717) is 12.8 Å². The molecule has 0 radical (unpaired) electrons. The van der Waals surface area contributed by atoms with E-state index < -0.39 is 155 Å². The minimum atomic E-state index is -3.08. The van der Waals surface area contributed by atoms with E-state index in [2.05, 4.69) is 24.5 Å². The van der Waals surface area contributed by atoms with Gasteiger partial charge in [-0.1, -0.05) is 161 Å². The van der Waals surface area contributed by atoms with Crippen LogP contribution < -0.4 is 10.6 Å². The summed E-state index contributed by atoms with van der Waals surface area (Å²) < 4.78 is 34.6. The number of amides is 2. The first-order valence-electron chi connectivity index (χ1n) is 29.6. The topological polar surface area (TPSA) is 373 Å². The Bertz CT molecular complexity index is 1680. The molecule has 0 saturated carbocycles. The highest BCUT2D eigenvalue weighted by Gasteiger charge is 2.60. The van der Waals surface area contributed by atoms with Crippen molar-refractivity contribution in [2.24, 2.45) is 0 Å². The van der Waals surface area contributed by atoms with E-state index in [-0.39, 0.29) is 12.3 Å². The molecule has 79 heavy (non-hydrogen) atoms. The van der Waals surface area contributed by atoms with E-state index in [1.54, 1.807) is 6.08 Å². The van der Waals surface area contributed by atoms with Crippen LogP contribution in [-0.2, 0) is 42.8 Å². The number of carbonyl (C=O) groups is 3. The zero-order chi connectivity index (χ0) is 58.3. The lowest BCUT2D eigenvalue weighted by atomic mass is 9.88. The van der Waals surface area contributed by atoms with E-state index >= 15 is 0 Å². The summed E-state index contributed by atoms with van der Waals surface area (Å²) in [5.41, 5.74) is 0. The molecular formula is C56H102N2O21. The summed E-state index contributed by atoms with van der Waals surface area (Å²) in [5, 5.41) is 135. The monoisotopic (exact) mass is 1140 g/mol. The van der Waals surface area contributed by atoms with Gasteiger partial charge in [0.25, 0.3) is 5.79 Å². The first-order valence-corrected chi connectivity index (χ1v) is 29.6. The van der Waals surface area contributed by atoms with Gasteiger partial charge in [-0.25, -0.2) is 4.79 Å². The molecule has 3 heterocycles. The first-order chi connectivity index (χ1) is 37.9. The molecular weight excluding hydrogens is 1040 g/mol. The molecule has 3 aliphatic heterocycles. The van der Waals surface area contributed by atoms with Crippen LogP contribution in [0.1, 0.15) is 188 Å². The third-order valence-corrected chi connectivity index (χ3v) is 15.2. The second-order valence-corrected chi connectivity index (χ2v) is 21.9. The highest BCUT2D eigenvalue weighted by atomic mass is 16.8. The molecule has 0 spiro atoms. The Morgan fingerprint density at radius 2 is 1.18 bits per heavy atom. The number of aliphatic hydroxyl groups is 11. The van der Waals surface area contributed by atoms with Crippen LogP contribution in [0.25, 0.3) is 0 Å². The van der Waals surface area contributed by atoms with Gasteiger partial charge >= 0.3 is 5.97 Å². The van der Waals surface area contributed by atoms with E-state index in [9.17, 15) is 75.7 Å². The van der Waals surface area contributed by atoms with E-state index in [1.165, 1.54) is 83.5 Å². The fourth-order valence-corrected chi connectivity index (χ4v) is 10.4. The van der Waals surface area contributed by atoms with E-state index in [4.69, 9.17) is 28.4 Å². The lowest BCUT2D eigenvalue weighted by Gasteiger charge is -2.50. The van der Waals surface area contributed by atoms with Crippen LogP contribution in [0.3, 0.4) is 0 Å². The Labute approximate surface area is 467 Å². The molecule has 0 aliphatic carbocycles. The Balaban J connectivity index is 1.66. The van der Waals surface area contributed by atoms with Crippen LogP contribution in [0.4, 0.5) is 0 Å². The summed E-state index contributed by atoms with van der Waals surface area (Å²) in [6, 6.07) is -2.61. The van der Waals surface area contributed by atoms with Crippen LogP contribution in [0.15, 0.2) is 12.2 Å². The molecule has 18 unspecified atom stereocenters. The molecule has 3 saturated heterocycles. The van der Waals surface area contributed by atoms with Gasteiger partial charge in [-0.05, 0) is 19.3 Å². The Morgan fingerprint density at radius 3 is 1.68 bits per heavy atom. The van der Waals surface area contributed by atoms with Crippen molar-refractivity contribution in [3.05, 3.63) is 12.2 Å². The zero-order valence-electron chi connectivity index (χ0n) is 47.2. The van der Waals surface area contributed by atoms with Gasteiger partial charge in [0.05, 0.1) is 50.7 Å². The Hall–Kier alpha value is -2.53. The second-order valence-electron chi connectivity index (χ2n) is 21.9. The first kappa shape index (κ1) is 70.7. The fraction of sp³-hybridized carbons (Fsp3) is 0.911. The van der Waals surface area contributed by atoms with Gasteiger partial charge < -0.3 is 100 Å². The maximum atomic E-state index is 13.3. The molecule has 0 bridgehead atoms. The van der Waals surface area contributed by atoms with Crippen LogP contribution in [-0.4, -0.2) is 215 Å². The summed E-state index contributed by atoms with van der Waals surface area (Å²) in [4.78, 5) is 38.3. The molecule has 3 rings (SSSR count). The van der Waals surface area contributed by atoms with Crippen molar-refractivity contribution in [3.63, 3.8) is 0 Å². The molecule has 3 aliphatic rings. The summed E-state index contributed by atoms with van der Waals surface area (Å²) in [6.45, 7) is 2.05. The predicted octanol–water partition coefficient (Wildman–Crippen LogP) is 2.00. The van der Waals surface area contributed by atoms with Gasteiger partial charge in [-0.3, -0.25) is 9.59 Å². The summed E-state index contributed by atoms with van der Waals surface area (Å²) in [6.07, 6.45) is 1.65. The molecule has 2 amide bonds. The van der Waals surface area contributed by atoms with Gasteiger partial charge in [0, 0.05) is 19.8 Å². The Morgan fingerprint density at radius 1 is 0.658 bits per heavy atom. The van der Waals surface area contributed by atoms with Gasteiger partial charge in [0.2, 0.25) is 11.8 Å². The smallest absolute Gasteiger partial charge is 0.364 e. The van der Waals surface area contributed by atoms with E-state index in [0.717, 1.165) is 64.7 Å². The summed E-state index contributed by atoms with van der Waals surface area (Å²) in [7, 11) is 0. The number of aliphatic carboxylic acids is 1. The van der Waals surface area contributed by atoms with Gasteiger partial charge in [-0.15, -0.1) is 0 Å². The lowest BCUT2D eigenvalue weighted by Crippen LogP contribution is -2.70. The van der Waals surface area contributed by atoms with E-state index in [1.807, 2.05) is 6.08 Å². The molecule has 0 aromatic heterocycles. The average molecular weight is 1140 g/mol. The van der Waals surface area contributed by atoms with Crippen molar-refractivity contribution in [2.75, 3.05) is 26.4 Å². The molecule has 0 aromatic carbocycles. The maximum Gasteiger partial charge on any atom is 0.364 e. The van der Waals surface area contributed by atoms with Crippen molar-refractivity contribution in [1.82, 2.24) is 10.6 Å². The number of carboxylic acids is 1. The number of rotatable bonds is 42. The molecule has 0 aromatic rings. The van der Waals surface area contributed by atoms with Crippen LogP contribution >= 0.6 is 0 Å². The number of ether oxygens (including phenoxy) is 6. The highest BCUT2D eigenvalue weighted by Crippen LogP contribution is 2.38. The van der Waals surface area contributed by atoms with Gasteiger partial charge in [0.1, 0.15) is 67.1 Å². The standard InChI is InChI=1S/C56H102N2O21/c1-4-6-8-10-12-14-15-16-17-18-19-20-22-24-26-28-30-43(66)58-37(38(63)29-27-25-23-21-13-11-9-7-5-2)35-74-53-48(70)47(69)50(42(34-61)76-53)77-54-49(71)52(46(68)41(33-60)75-54)79-56(55(72)73)31-39(64)44(57-36(3)62)51(78-56)45(67)40(65)32-59/h27,29,37-42,44-54,59-61,63-65,67-71H,4-26,28,30-35H2,1-3H3,(H,57,62)(H,58,66)(H,72,73)/b29-27+. The third-order valence-electron chi connectivity index (χ3n) is 15.2. The maximum absolute atomic E-state index is 13.3. The largest absolute Gasteiger partial charge is 0.477 e. The molecule has 462 valence electrons. The molecule has 23 nitrogen and oxygen atoms in total. The molecule has 14 N–H and O–H groups in total. The molecule has 3 fully saturated rings. The second kappa shape index (κ2) is 39.1. The normalized spacial score (nSPS) is 30.9. The van der Waals surface area contributed by atoms with Crippen molar-refractivity contribution in [3.8, 4) is 0 Å². The van der Waals surface area contributed by atoms with Crippen molar-refractivity contribution in [1.29, 1.82) is 0 Å². The number of hydrogen-bond acceptors (Lipinski definition) is 20. The number of nitrogens with one attached hydrogen (secondary N) is 2. The minimum absolute atomic E-state index is 0.204. The fourth-order valence-electron chi connectivity index (χ4n) is 10.4. The van der Waals surface area contributed by atoms with Gasteiger partial charge in [-0.2, -0.15) is 0 Å². The Kier molecular flexibility index (Phi) is 35.0.